The van der Waals surface area contributed by atoms with E-state index >= 15 is 0 Å². The normalized spacial score (nSPS) is 11.6. The molecule has 0 aromatic heterocycles. The first kappa shape index (κ1) is 19.1. The topological polar surface area (TPSA) is 110 Å². The number of carbonyl (C=O) groups excluding carboxylic acids is 1. The molecule has 0 fully saturated rings. The molecule has 0 unspecified atom stereocenters. The van der Waals surface area contributed by atoms with Crippen molar-refractivity contribution in [3.05, 3.63) is 75.3 Å². The lowest BCUT2D eigenvalue weighted by Gasteiger charge is -2.17. The molecule has 1 amide bonds. The zero-order valence-electron chi connectivity index (χ0n) is 14.3. The third-order valence-corrected chi connectivity index (χ3v) is 3.86. The Morgan fingerprint density at radius 3 is 2.42 bits per heavy atom. The second kappa shape index (κ2) is 8.75. The average molecular weight is 356 g/mol. The van der Waals surface area contributed by atoms with Gasteiger partial charge in [0.15, 0.2) is 0 Å². The molecule has 0 spiro atoms. The van der Waals surface area contributed by atoms with Crippen molar-refractivity contribution in [1.29, 1.82) is 0 Å². The molecule has 2 aromatic carbocycles. The Labute approximate surface area is 150 Å². The summed E-state index contributed by atoms with van der Waals surface area (Å²) < 4.78 is 0. The van der Waals surface area contributed by atoms with Crippen LogP contribution in [0.3, 0.4) is 0 Å². The van der Waals surface area contributed by atoms with Crippen molar-refractivity contribution in [2.45, 2.75) is 32.2 Å². The quantitative estimate of drug-likeness (QED) is 0.558. The standard InChI is InChI=1S/C19H20N2O5/c1-13-3-2-4-15(9-13)11-18(22)20-16(12-19(23)24)10-14-5-7-17(8-6-14)21(25)26/h2-9,16H,10-12H2,1H3,(H,20,22)(H,23,24)/t16-/m0/s1. The molecule has 0 radical (unpaired) electrons. The van der Waals surface area contributed by atoms with Crippen LogP contribution in [0.1, 0.15) is 23.1 Å². The maximum absolute atomic E-state index is 12.3. The minimum absolute atomic E-state index is 0.0352. The number of amides is 1. The third-order valence-electron chi connectivity index (χ3n) is 3.86. The fraction of sp³-hybridized carbons (Fsp3) is 0.263. The number of carboxylic acid groups (broad SMARTS) is 1. The number of aliphatic carboxylic acids is 1. The molecule has 0 heterocycles. The van der Waals surface area contributed by atoms with Gasteiger partial charge in [-0.25, -0.2) is 0 Å². The Kier molecular flexibility index (Phi) is 6.43. The Bertz CT molecular complexity index is 802. The maximum Gasteiger partial charge on any atom is 0.305 e. The number of non-ortho nitro benzene ring substituents is 1. The minimum atomic E-state index is -1.02. The highest BCUT2D eigenvalue weighted by Crippen LogP contribution is 2.14. The highest BCUT2D eigenvalue weighted by Gasteiger charge is 2.17. The second-order valence-electron chi connectivity index (χ2n) is 6.16. The smallest absolute Gasteiger partial charge is 0.305 e. The highest BCUT2D eigenvalue weighted by atomic mass is 16.6. The van der Waals surface area contributed by atoms with Crippen LogP contribution in [0.15, 0.2) is 48.5 Å². The lowest BCUT2D eigenvalue weighted by Crippen LogP contribution is -2.39. The number of nitro groups is 1. The van der Waals surface area contributed by atoms with E-state index in [9.17, 15) is 19.7 Å². The Hall–Kier alpha value is -3.22. The van der Waals surface area contributed by atoms with Gasteiger partial charge in [-0.05, 0) is 24.5 Å². The monoisotopic (exact) mass is 356 g/mol. The zero-order chi connectivity index (χ0) is 19.1. The van der Waals surface area contributed by atoms with Crippen molar-refractivity contribution in [3.8, 4) is 0 Å². The predicted molar refractivity (Wildman–Crippen MR) is 95.9 cm³/mol. The third kappa shape index (κ3) is 6.01. The van der Waals surface area contributed by atoms with Crippen LogP contribution < -0.4 is 5.32 Å². The molecule has 0 saturated carbocycles. The van der Waals surface area contributed by atoms with Crippen molar-refractivity contribution in [2.75, 3.05) is 0 Å². The van der Waals surface area contributed by atoms with Gasteiger partial charge in [-0.15, -0.1) is 0 Å². The van der Waals surface area contributed by atoms with Crippen molar-refractivity contribution >= 4 is 17.6 Å². The van der Waals surface area contributed by atoms with Crippen LogP contribution in [0.5, 0.6) is 0 Å². The molecule has 0 bridgehead atoms. The van der Waals surface area contributed by atoms with E-state index in [-0.39, 0.29) is 30.9 Å². The van der Waals surface area contributed by atoms with Crippen LogP contribution in [-0.2, 0) is 22.4 Å². The number of hydrogen-bond donors (Lipinski definition) is 2. The van der Waals surface area contributed by atoms with E-state index in [0.717, 1.165) is 16.7 Å². The molecule has 2 aromatic rings. The lowest BCUT2D eigenvalue weighted by atomic mass is 10.0. The summed E-state index contributed by atoms with van der Waals surface area (Å²) in [7, 11) is 0. The first-order valence-corrected chi connectivity index (χ1v) is 8.13. The van der Waals surface area contributed by atoms with E-state index < -0.39 is 16.9 Å². The number of nitrogens with zero attached hydrogens (tertiary/aromatic N) is 1. The summed E-state index contributed by atoms with van der Waals surface area (Å²) in [6, 6.07) is 12.8. The van der Waals surface area contributed by atoms with Crippen LogP contribution in [0.4, 0.5) is 5.69 Å². The Morgan fingerprint density at radius 1 is 1.15 bits per heavy atom. The first-order chi connectivity index (χ1) is 12.3. The summed E-state index contributed by atoms with van der Waals surface area (Å²) in [6.07, 6.45) is 0.221. The van der Waals surface area contributed by atoms with E-state index in [2.05, 4.69) is 5.32 Å². The molecule has 7 heteroatoms. The van der Waals surface area contributed by atoms with Crippen molar-refractivity contribution in [2.24, 2.45) is 0 Å². The lowest BCUT2D eigenvalue weighted by molar-refractivity contribution is -0.384. The van der Waals surface area contributed by atoms with Crippen LogP contribution in [0, 0.1) is 17.0 Å². The number of hydrogen-bond acceptors (Lipinski definition) is 4. The fourth-order valence-corrected chi connectivity index (χ4v) is 2.71. The molecular weight excluding hydrogens is 336 g/mol. The summed E-state index contributed by atoms with van der Waals surface area (Å²) in [5, 5.41) is 22.5. The number of carboxylic acids is 1. The molecule has 0 aliphatic heterocycles. The average Bonchev–Trinajstić information content (AvgIpc) is 2.54. The number of aryl methyl sites for hydroxylation is 1. The Morgan fingerprint density at radius 2 is 1.85 bits per heavy atom. The molecular formula is C19H20N2O5. The van der Waals surface area contributed by atoms with E-state index in [1.165, 1.54) is 12.1 Å². The molecule has 0 aliphatic carbocycles. The second-order valence-corrected chi connectivity index (χ2v) is 6.16. The van der Waals surface area contributed by atoms with Crippen molar-refractivity contribution < 1.29 is 19.6 Å². The number of benzene rings is 2. The largest absolute Gasteiger partial charge is 0.481 e. The number of carbonyl (C=O) groups is 2. The van der Waals surface area contributed by atoms with Crippen molar-refractivity contribution in [3.63, 3.8) is 0 Å². The van der Waals surface area contributed by atoms with Crippen molar-refractivity contribution in [1.82, 2.24) is 5.32 Å². The van der Waals surface area contributed by atoms with Gasteiger partial charge in [-0.2, -0.15) is 0 Å². The van der Waals surface area contributed by atoms with Gasteiger partial charge in [0.2, 0.25) is 5.91 Å². The summed E-state index contributed by atoms with van der Waals surface area (Å²) >= 11 is 0. The summed E-state index contributed by atoms with van der Waals surface area (Å²) in [6.45, 7) is 1.93. The van der Waals surface area contributed by atoms with E-state index in [1.807, 2.05) is 31.2 Å². The van der Waals surface area contributed by atoms with Gasteiger partial charge in [-0.1, -0.05) is 42.0 Å². The van der Waals surface area contributed by atoms with Crippen LogP contribution in [-0.4, -0.2) is 27.9 Å². The molecule has 0 aliphatic rings. The van der Waals surface area contributed by atoms with Gasteiger partial charge in [0, 0.05) is 18.2 Å². The predicted octanol–water partition coefficient (Wildman–Crippen LogP) is 2.65. The molecule has 7 nitrogen and oxygen atoms in total. The molecule has 2 N–H and O–H groups in total. The number of rotatable bonds is 8. The summed E-state index contributed by atoms with van der Waals surface area (Å²) in [5.74, 6) is -1.28. The van der Waals surface area contributed by atoms with Gasteiger partial charge < -0.3 is 10.4 Å². The number of nitro benzene ring substituents is 1. The maximum atomic E-state index is 12.3. The molecule has 1 atom stereocenters. The fourth-order valence-electron chi connectivity index (χ4n) is 2.71. The minimum Gasteiger partial charge on any atom is -0.481 e. The van der Waals surface area contributed by atoms with Gasteiger partial charge in [-0.3, -0.25) is 19.7 Å². The van der Waals surface area contributed by atoms with E-state index in [0.29, 0.717) is 0 Å². The van der Waals surface area contributed by atoms with Crippen LogP contribution in [0.25, 0.3) is 0 Å². The van der Waals surface area contributed by atoms with Gasteiger partial charge in [0.25, 0.3) is 5.69 Å². The SMILES string of the molecule is Cc1cccc(CC(=O)N[C@H](CC(=O)O)Cc2ccc([N+](=O)[O-])cc2)c1. The van der Waals surface area contributed by atoms with E-state index in [1.54, 1.807) is 12.1 Å². The van der Waals surface area contributed by atoms with Gasteiger partial charge in [0.05, 0.1) is 17.8 Å². The first-order valence-electron chi connectivity index (χ1n) is 8.13. The van der Waals surface area contributed by atoms with E-state index in [4.69, 9.17) is 5.11 Å². The van der Waals surface area contributed by atoms with Crippen LogP contribution in [0.2, 0.25) is 0 Å². The highest BCUT2D eigenvalue weighted by molar-refractivity contribution is 5.79. The zero-order valence-corrected chi connectivity index (χ0v) is 14.3. The van der Waals surface area contributed by atoms with Crippen LogP contribution >= 0.6 is 0 Å². The summed E-state index contributed by atoms with van der Waals surface area (Å²) in [5.41, 5.74) is 2.58. The molecule has 2 rings (SSSR count). The van der Waals surface area contributed by atoms with Gasteiger partial charge in [0.1, 0.15) is 0 Å². The number of nitrogens with one attached hydrogen (secondary N) is 1. The summed E-state index contributed by atoms with van der Waals surface area (Å²) in [4.78, 5) is 33.5. The Balaban J connectivity index is 2.02. The molecule has 26 heavy (non-hydrogen) atoms. The molecule has 136 valence electrons. The molecule has 0 saturated heterocycles. The van der Waals surface area contributed by atoms with Gasteiger partial charge >= 0.3 is 5.97 Å².